The first-order valence-electron chi connectivity index (χ1n) is 7.70. The molecule has 0 radical (unpaired) electrons. The molecule has 0 amide bonds. The zero-order chi connectivity index (χ0) is 16.4. The van der Waals surface area contributed by atoms with E-state index in [0.29, 0.717) is 23.4 Å². The number of ether oxygens (including phenoxy) is 1. The number of fused-ring (bicyclic) bond motifs is 1. The molecule has 23 heavy (non-hydrogen) atoms. The van der Waals surface area contributed by atoms with Crippen LogP contribution in [-0.4, -0.2) is 26.4 Å². The molecule has 0 bridgehead atoms. The molecule has 0 aliphatic rings. The van der Waals surface area contributed by atoms with Gasteiger partial charge in [-0.25, -0.2) is 9.67 Å². The van der Waals surface area contributed by atoms with E-state index in [0.717, 1.165) is 24.3 Å². The van der Waals surface area contributed by atoms with Crippen LogP contribution in [0.25, 0.3) is 11.0 Å². The van der Waals surface area contributed by atoms with Gasteiger partial charge in [-0.15, -0.1) is 0 Å². The smallest absolute Gasteiger partial charge is 0.264 e. The van der Waals surface area contributed by atoms with E-state index in [1.165, 1.54) is 0 Å². The Morgan fingerprint density at radius 2 is 1.96 bits per heavy atom. The minimum atomic E-state index is -0.0503. The minimum absolute atomic E-state index is 0.0503. The van der Waals surface area contributed by atoms with Gasteiger partial charge in [-0.3, -0.25) is 9.36 Å². The van der Waals surface area contributed by atoms with Gasteiger partial charge in [0.1, 0.15) is 17.0 Å². The molecule has 0 spiro atoms. The Morgan fingerprint density at radius 1 is 1.22 bits per heavy atom. The summed E-state index contributed by atoms with van der Waals surface area (Å²) in [4.78, 5) is 17.3. The number of aromatic nitrogens is 4. The molecule has 120 valence electrons. The zero-order valence-corrected chi connectivity index (χ0v) is 13.6. The Kier molecular flexibility index (Phi) is 4.14. The van der Waals surface area contributed by atoms with E-state index in [1.807, 2.05) is 31.2 Å². The number of benzene rings is 1. The second-order valence-corrected chi connectivity index (χ2v) is 5.50. The van der Waals surface area contributed by atoms with Crippen molar-refractivity contribution in [3.8, 4) is 5.75 Å². The van der Waals surface area contributed by atoms with Crippen molar-refractivity contribution in [2.75, 3.05) is 7.11 Å². The lowest BCUT2D eigenvalue weighted by Gasteiger charge is -2.10. The lowest BCUT2D eigenvalue weighted by atomic mass is 10.2. The van der Waals surface area contributed by atoms with Crippen LogP contribution in [-0.2, 0) is 13.1 Å². The fraction of sp³-hybridized carbons (Fsp3) is 0.353. The van der Waals surface area contributed by atoms with Crippen LogP contribution in [0.4, 0.5) is 0 Å². The predicted octanol–water partition coefficient (Wildman–Crippen LogP) is 2.37. The van der Waals surface area contributed by atoms with Crippen LogP contribution in [0.2, 0.25) is 0 Å². The first kappa shape index (κ1) is 15.3. The first-order valence-corrected chi connectivity index (χ1v) is 7.70. The maximum Gasteiger partial charge on any atom is 0.264 e. The van der Waals surface area contributed by atoms with E-state index in [4.69, 9.17) is 4.74 Å². The summed E-state index contributed by atoms with van der Waals surface area (Å²) in [5, 5.41) is 4.85. The Labute approximate surface area is 134 Å². The lowest BCUT2D eigenvalue weighted by molar-refractivity contribution is 0.414. The van der Waals surface area contributed by atoms with Crippen LogP contribution in [0.5, 0.6) is 5.75 Å². The van der Waals surface area contributed by atoms with Crippen LogP contribution in [0.15, 0.2) is 35.3 Å². The third-order valence-electron chi connectivity index (χ3n) is 3.88. The van der Waals surface area contributed by atoms with Gasteiger partial charge in [-0.05, 0) is 31.0 Å². The van der Waals surface area contributed by atoms with Gasteiger partial charge in [0.15, 0.2) is 5.65 Å². The van der Waals surface area contributed by atoms with Crippen molar-refractivity contribution in [1.29, 1.82) is 0 Å². The molecule has 0 saturated carbocycles. The fourth-order valence-electron chi connectivity index (χ4n) is 2.63. The number of methoxy groups -OCH3 is 1. The van der Waals surface area contributed by atoms with E-state index in [-0.39, 0.29) is 5.56 Å². The standard InChI is InChI=1S/C17H20N4O2/c1-4-9-21-16-15(10-18-21)17(22)20(12(2)19-16)11-13-5-7-14(23-3)8-6-13/h5-8,10H,4,9,11H2,1-3H3. The molecule has 6 heteroatoms. The van der Waals surface area contributed by atoms with Gasteiger partial charge >= 0.3 is 0 Å². The van der Waals surface area contributed by atoms with Gasteiger partial charge in [0.05, 0.1) is 19.9 Å². The maximum absolute atomic E-state index is 12.7. The van der Waals surface area contributed by atoms with Crippen molar-refractivity contribution < 1.29 is 4.74 Å². The second kappa shape index (κ2) is 6.24. The zero-order valence-electron chi connectivity index (χ0n) is 13.6. The lowest BCUT2D eigenvalue weighted by Crippen LogP contribution is -2.24. The van der Waals surface area contributed by atoms with Gasteiger partial charge < -0.3 is 4.74 Å². The topological polar surface area (TPSA) is 61.9 Å². The van der Waals surface area contributed by atoms with Gasteiger partial charge in [-0.2, -0.15) is 5.10 Å². The molecule has 3 aromatic rings. The first-order chi connectivity index (χ1) is 11.1. The molecule has 2 aromatic heterocycles. The molecule has 0 N–H and O–H groups in total. The Hall–Kier alpha value is -2.63. The van der Waals surface area contributed by atoms with Crippen LogP contribution in [0.1, 0.15) is 24.7 Å². The third kappa shape index (κ3) is 2.84. The highest BCUT2D eigenvalue weighted by molar-refractivity contribution is 5.73. The number of hydrogen-bond donors (Lipinski definition) is 0. The third-order valence-corrected chi connectivity index (χ3v) is 3.88. The highest BCUT2D eigenvalue weighted by Crippen LogP contribution is 2.14. The highest BCUT2D eigenvalue weighted by Gasteiger charge is 2.13. The van der Waals surface area contributed by atoms with Gasteiger partial charge in [-0.1, -0.05) is 19.1 Å². The van der Waals surface area contributed by atoms with Crippen LogP contribution < -0.4 is 10.3 Å². The number of hydrogen-bond acceptors (Lipinski definition) is 4. The molecular formula is C17H20N4O2. The van der Waals surface area contributed by atoms with E-state index in [9.17, 15) is 4.79 Å². The molecule has 0 fully saturated rings. The van der Waals surface area contributed by atoms with E-state index >= 15 is 0 Å². The minimum Gasteiger partial charge on any atom is -0.497 e. The molecule has 2 heterocycles. The molecule has 0 unspecified atom stereocenters. The van der Waals surface area contributed by atoms with Gasteiger partial charge in [0.2, 0.25) is 0 Å². The molecule has 0 atom stereocenters. The Bertz CT molecular complexity index is 878. The van der Waals surface area contributed by atoms with E-state index < -0.39 is 0 Å². The molecular weight excluding hydrogens is 292 g/mol. The summed E-state index contributed by atoms with van der Waals surface area (Å²) >= 11 is 0. The second-order valence-electron chi connectivity index (χ2n) is 5.50. The van der Waals surface area contributed by atoms with Crippen LogP contribution >= 0.6 is 0 Å². The molecule has 0 saturated heterocycles. The molecule has 0 aliphatic carbocycles. The molecule has 6 nitrogen and oxygen atoms in total. The fourth-order valence-corrected chi connectivity index (χ4v) is 2.63. The Balaban J connectivity index is 2.02. The summed E-state index contributed by atoms with van der Waals surface area (Å²) in [5.74, 6) is 1.49. The summed E-state index contributed by atoms with van der Waals surface area (Å²) in [6.07, 6.45) is 2.57. The number of nitrogens with zero attached hydrogens (tertiary/aromatic N) is 4. The molecule has 1 aromatic carbocycles. The number of aryl methyl sites for hydroxylation is 2. The van der Waals surface area contributed by atoms with Crippen molar-refractivity contribution in [2.24, 2.45) is 0 Å². The largest absolute Gasteiger partial charge is 0.497 e. The van der Waals surface area contributed by atoms with E-state index in [1.54, 1.807) is 22.6 Å². The van der Waals surface area contributed by atoms with Crippen molar-refractivity contribution >= 4 is 11.0 Å². The summed E-state index contributed by atoms with van der Waals surface area (Å²) in [6.45, 7) is 5.17. The average Bonchev–Trinajstić information content (AvgIpc) is 2.95. The quantitative estimate of drug-likeness (QED) is 0.725. The van der Waals surface area contributed by atoms with Crippen molar-refractivity contribution in [2.45, 2.75) is 33.4 Å². The van der Waals surface area contributed by atoms with Gasteiger partial charge in [0, 0.05) is 6.54 Å². The van der Waals surface area contributed by atoms with Crippen LogP contribution in [0.3, 0.4) is 0 Å². The summed E-state index contributed by atoms with van der Waals surface area (Å²) in [5.41, 5.74) is 1.64. The van der Waals surface area contributed by atoms with Crippen molar-refractivity contribution in [1.82, 2.24) is 19.3 Å². The highest BCUT2D eigenvalue weighted by atomic mass is 16.5. The van der Waals surface area contributed by atoms with E-state index in [2.05, 4.69) is 17.0 Å². The Morgan fingerprint density at radius 3 is 2.61 bits per heavy atom. The normalized spacial score (nSPS) is 11.1. The monoisotopic (exact) mass is 312 g/mol. The molecule has 3 rings (SSSR count). The summed E-state index contributed by atoms with van der Waals surface area (Å²) in [6, 6.07) is 7.69. The van der Waals surface area contributed by atoms with Gasteiger partial charge in [0.25, 0.3) is 5.56 Å². The van der Waals surface area contributed by atoms with Crippen LogP contribution in [0, 0.1) is 6.92 Å². The summed E-state index contributed by atoms with van der Waals surface area (Å²) in [7, 11) is 1.63. The average molecular weight is 312 g/mol. The predicted molar refractivity (Wildman–Crippen MR) is 88.9 cm³/mol. The SMILES string of the molecule is CCCn1ncc2c(=O)n(Cc3ccc(OC)cc3)c(C)nc21. The summed E-state index contributed by atoms with van der Waals surface area (Å²) < 4.78 is 8.63. The van der Waals surface area contributed by atoms with Crippen molar-refractivity contribution in [3.05, 3.63) is 52.2 Å². The molecule has 0 aliphatic heterocycles. The maximum atomic E-state index is 12.7. The van der Waals surface area contributed by atoms with Crippen molar-refractivity contribution in [3.63, 3.8) is 0 Å². The number of rotatable bonds is 5.